The quantitative estimate of drug-likeness (QED) is 0.347. The van der Waals surface area contributed by atoms with E-state index in [2.05, 4.69) is 10.3 Å². The first-order chi connectivity index (χ1) is 14.0. The smallest absolute Gasteiger partial charge is 0.272 e. The SMILES string of the molecule is Cc1cc(C(=O)Nc2nc3ccc(Oc4ccccc4)cc3s2)ccc1[N+](=O)[O-]. The molecule has 4 rings (SSSR count). The van der Waals surface area contributed by atoms with Crippen molar-refractivity contribution in [2.45, 2.75) is 6.92 Å². The molecule has 0 saturated heterocycles. The van der Waals surface area contributed by atoms with Crippen LogP contribution in [0.15, 0.2) is 66.7 Å². The van der Waals surface area contributed by atoms with Crippen LogP contribution in [0.3, 0.4) is 0 Å². The number of fused-ring (bicyclic) bond motifs is 1. The van der Waals surface area contributed by atoms with E-state index in [-0.39, 0.29) is 11.6 Å². The van der Waals surface area contributed by atoms with Gasteiger partial charge in [0.25, 0.3) is 11.6 Å². The number of para-hydroxylation sites is 1. The van der Waals surface area contributed by atoms with E-state index in [1.165, 1.54) is 29.5 Å². The average Bonchev–Trinajstić information content (AvgIpc) is 3.09. The van der Waals surface area contributed by atoms with Gasteiger partial charge in [0.15, 0.2) is 5.13 Å². The molecule has 3 aromatic carbocycles. The minimum absolute atomic E-state index is 0.0208. The fraction of sp³-hybridized carbons (Fsp3) is 0.0476. The fourth-order valence-electron chi connectivity index (χ4n) is 2.82. The monoisotopic (exact) mass is 405 g/mol. The molecule has 1 aromatic heterocycles. The third kappa shape index (κ3) is 4.07. The van der Waals surface area contributed by atoms with Crippen molar-refractivity contribution in [3.05, 3.63) is 88.0 Å². The molecule has 1 N–H and O–H groups in total. The van der Waals surface area contributed by atoms with E-state index in [0.717, 1.165) is 16.0 Å². The Bertz CT molecular complexity index is 1220. The molecule has 0 aliphatic rings. The zero-order valence-corrected chi connectivity index (χ0v) is 16.1. The molecule has 0 unspecified atom stereocenters. The number of nitrogens with one attached hydrogen (secondary N) is 1. The number of hydrogen-bond acceptors (Lipinski definition) is 6. The van der Waals surface area contributed by atoms with Crippen LogP contribution in [-0.2, 0) is 0 Å². The van der Waals surface area contributed by atoms with Gasteiger partial charge in [0.2, 0.25) is 0 Å². The van der Waals surface area contributed by atoms with Crippen molar-refractivity contribution in [2.75, 3.05) is 5.32 Å². The number of anilines is 1. The molecule has 7 nitrogen and oxygen atoms in total. The first kappa shape index (κ1) is 18.6. The molecular weight excluding hydrogens is 390 g/mol. The summed E-state index contributed by atoms with van der Waals surface area (Å²) >= 11 is 1.33. The first-order valence-electron chi connectivity index (χ1n) is 8.69. The second-order valence-electron chi connectivity index (χ2n) is 6.28. The summed E-state index contributed by atoms with van der Waals surface area (Å²) in [6.45, 7) is 1.60. The van der Waals surface area contributed by atoms with Crippen LogP contribution in [0.4, 0.5) is 10.8 Å². The fourth-order valence-corrected chi connectivity index (χ4v) is 3.71. The Kier molecular flexibility index (Phi) is 4.92. The van der Waals surface area contributed by atoms with Crippen LogP contribution in [0.2, 0.25) is 0 Å². The van der Waals surface area contributed by atoms with E-state index < -0.39 is 4.92 Å². The number of thiazole rings is 1. The zero-order chi connectivity index (χ0) is 20.4. The summed E-state index contributed by atoms with van der Waals surface area (Å²) in [5, 5.41) is 14.1. The molecule has 0 fully saturated rings. The maximum Gasteiger partial charge on any atom is 0.272 e. The number of ether oxygens (including phenoxy) is 1. The lowest BCUT2D eigenvalue weighted by atomic mass is 10.1. The number of benzene rings is 3. The Hall–Kier alpha value is -3.78. The number of amides is 1. The predicted octanol–water partition coefficient (Wildman–Crippen LogP) is 5.56. The molecule has 0 spiro atoms. The minimum atomic E-state index is -0.473. The number of nitrogens with zero attached hydrogens (tertiary/aromatic N) is 2. The summed E-state index contributed by atoms with van der Waals surface area (Å²) in [5.74, 6) is 1.04. The molecule has 0 bridgehead atoms. The van der Waals surface area contributed by atoms with Crippen LogP contribution in [0.25, 0.3) is 10.2 Å². The maximum atomic E-state index is 12.5. The van der Waals surface area contributed by atoms with Crippen molar-refractivity contribution in [1.82, 2.24) is 4.98 Å². The Morgan fingerprint density at radius 3 is 2.59 bits per heavy atom. The van der Waals surface area contributed by atoms with Gasteiger partial charge in [-0.1, -0.05) is 29.5 Å². The van der Waals surface area contributed by atoms with Crippen LogP contribution in [0.1, 0.15) is 15.9 Å². The van der Waals surface area contributed by atoms with Gasteiger partial charge < -0.3 is 4.74 Å². The van der Waals surface area contributed by atoms with Crippen molar-refractivity contribution in [3.63, 3.8) is 0 Å². The van der Waals surface area contributed by atoms with Gasteiger partial charge in [-0.3, -0.25) is 20.2 Å². The molecular formula is C21H15N3O4S. The van der Waals surface area contributed by atoms with Gasteiger partial charge in [-0.05, 0) is 43.3 Å². The van der Waals surface area contributed by atoms with E-state index in [9.17, 15) is 14.9 Å². The molecule has 1 amide bonds. The Morgan fingerprint density at radius 1 is 1.07 bits per heavy atom. The van der Waals surface area contributed by atoms with E-state index in [0.29, 0.717) is 22.0 Å². The third-order valence-corrected chi connectivity index (χ3v) is 5.15. The molecule has 4 aromatic rings. The summed E-state index contributed by atoms with van der Waals surface area (Å²) in [4.78, 5) is 27.4. The summed E-state index contributed by atoms with van der Waals surface area (Å²) < 4.78 is 6.70. The molecule has 0 saturated carbocycles. The van der Waals surface area contributed by atoms with Gasteiger partial charge in [0.05, 0.1) is 15.1 Å². The van der Waals surface area contributed by atoms with Crippen LogP contribution >= 0.6 is 11.3 Å². The second-order valence-corrected chi connectivity index (χ2v) is 7.31. The number of aromatic nitrogens is 1. The first-order valence-corrected chi connectivity index (χ1v) is 9.51. The number of nitro groups is 1. The van der Waals surface area contributed by atoms with Crippen molar-refractivity contribution in [3.8, 4) is 11.5 Å². The normalized spacial score (nSPS) is 10.7. The second kappa shape index (κ2) is 7.69. The highest BCUT2D eigenvalue weighted by Gasteiger charge is 2.15. The lowest BCUT2D eigenvalue weighted by molar-refractivity contribution is -0.385. The van der Waals surface area contributed by atoms with Gasteiger partial charge in [-0.25, -0.2) is 4.98 Å². The topological polar surface area (TPSA) is 94.4 Å². The van der Waals surface area contributed by atoms with Gasteiger partial charge in [0, 0.05) is 23.3 Å². The standard InChI is InChI=1S/C21H15N3O4S/c1-13-11-14(7-10-18(13)24(26)27)20(25)23-21-22-17-9-8-16(12-19(17)29-21)28-15-5-3-2-4-6-15/h2-12H,1H3,(H,22,23,25). The van der Waals surface area contributed by atoms with Crippen LogP contribution in [-0.4, -0.2) is 15.8 Å². The summed E-state index contributed by atoms with van der Waals surface area (Å²) in [5.41, 5.74) is 1.48. The molecule has 8 heteroatoms. The third-order valence-electron chi connectivity index (χ3n) is 4.21. The Balaban J connectivity index is 1.53. The van der Waals surface area contributed by atoms with E-state index >= 15 is 0 Å². The van der Waals surface area contributed by atoms with E-state index in [1.807, 2.05) is 48.5 Å². The maximum absolute atomic E-state index is 12.5. The zero-order valence-electron chi connectivity index (χ0n) is 15.3. The van der Waals surface area contributed by atoms with Gasteiger partial charge >= 0.3 is 0 Å². The number of hydrogen-bond donors (Lipinski definition) is 1. The van der Waals surface area contributed by atoms with E-state index in [1.54, 1.807) is 6.92 Å². The highest BCUT2D eigenvalue weighted by molar-refractivity contribution is 7.22. The van der Waals surface area contributed by atoms with Crippen molar-refractivity contribution in [1.29, 1.82) is 0 Å². The Labute approximate surface area is 169 Å². The van der Waals surface area contributed by atoms with Gasteiger partial charge in [-0.15, -0.1) is 0 Å². The van der Waals surface area contributed by atoms with E-state index in [4.69, 9.17) is 4.74 Å². The molecule has 1 heterocycles. The number of carbonyl (C=O) groups excluding carboxylic acids is 1. The van der Waals surface area contributed by atoms with Crippen molar-refractivity contribution < 1.29 is 14.5 Å². The molecule has 0 aliphatic heterocycles. The molecule has 144 valence electrons. The summed E-state index contributed by atoms with van der Waals surface area (Å²) in [6.07, 6.45) is 0. The average molecular weight is 405 g/mol. The number of carbonyl (C=O) groups is 1. The number of aryl methyl sites for hydroxylation is 1. The molecule has 0 atom stereocenters. The molecule has 0 aliphatic carbocycles. The van der Waals surface area contributed by atoms with Crippen molar-refractivity contribution >= 4 is 38.3 Å². The van der Waals surface area contributed by atoms with Crippen LogP contribution in [0.5, 0.6) is 11.5 Å². The van der Waals surface area contributed by atoms with Crippen LogP contribution < -0.4 is 10.1 Å². The van der Waals surface area contributed by atoms with Crippen molar-refractivity contribution in [2.24, 2.45) is 0 Å². The summed E-state index contributed by atoms with van der Waals surface area (Å²) in [6, 6.07) is 19.2. The molecule has 0 radical (unpaired) electrons. The minimum Gasteiger partial charge on any atom is -0.457 e. The number of nitro benzene ring substituents is 1. The van der Waals surface area contributed by atoms with Crippen LogP contribution in [0, 0.1) is 17.0 Å². The van der Waals surface area contributed by atoms with Gasteiger partial charge in [0.1, 0.15) is 11.5 Å². The predicted molar refractivity (Wildman–Crippen MR) is 112 cm³/mol. The highest BCUT2D eigenvalue weighted by atomic mass is 32.1. The van der Waals surface area contributed by atoms with Gasteiger partial charge in [-0.2, -0.15) is 0 Å². The largest absolute Gasteiger partial charge is 0.457 e. The highest BCUT2D eigenvalue weighted by Crippen LogP contribution is 2.31. The summed E-state index contributed by atoms with van der Waals surface area (Å²) in [7, 11) is 0. The molecule has 29 heavy (non-hydrogen) atoms. The lowest BCUT2D eigenvalue weighted by Crippen LogP contribution is -2.12. The lowest BCUT2D eigenvalue weighted by Gasteiger charge is -2.04. The Morgan fingerprint density at radius 2 is 1.86 bits per heavy atom. The number of rotatable bonds is 5.